The fourth-order valence-corrected chi connectivity index (χ4v) is 3.41. The summed E-state index contributed by atoms with van der Waals surface area (Å²) in [5.74, 6) is 1.25. The van der Waals surface area contributed by atoms with Gasteiger partial charge in [0.1, 0.15) is 5.82 Å². The van der Waals surface area contributed by atoms with Gasteiger partial charge >= 0.3 is 0 Å². The van der Waals surface area contributed by atoms with Crippen LogP contribution in [0, 0.1) is 0 Å². The average Bonchev–Trinajstić information content (AvgIpc) is 2.78. The van der Waals surface area contributed by atoms with Gasteiger partial charge in [0.15, 0.2) is 5.69 Å². The number of aromatic nitrogens is 2. The van der Waals surface area contributed by atoms with E-state index in [0.29, 0.717) is 16.8 Å². The molecule has 5 nitrogen and oxygen atoms in total. The molecule has 3 N–H and O–H groups in total. The molecule has 0 aromatic carbocycles. The van der Waals surface area contributed by atoms with Crippen LogP contribution < -0.4 is 11.1 Å². The number of nitrogens with one attached hydrogen (secondary N) is 1. The largest absolute Gasteiger partial charge is 0.382 e. The summed E-state index contributed by atoms with van der Waals surface area (Å²) in [6, 6.07) is 3.45. The fraction of sp³-hybridized carbons (Fsp3) is 0.583. The van der Waals surface area contributed by atoms with Crippen LogP contribution in [0.15, 0.2) is 12.1 Å². The Balaban J connectivity index is 1.96. The molecule has 2 unspecified atom stereocenters. The van der Waals surface area contributed by atoms with Crippen molar-refractivity contribution in [3.05, 3.63) is 17.8 Å². The molecule has 1 saturated carbocycles. The standard InChI is InChI=1S/C12H18N4OS/c1-2-18-10-5-3-4-8(10)14-12(17)9-6-7-11(13)16-15-9/h6-8,10H,2-5H2,1H3,(H2,13,16)(H,14,17). The average molecular weight is 266 g/mol. The van der Waals surface area contributed by atoms with Gasteiger partial charge in [0, 0.05) is 11.3 Å². The quantitative estimate of drug-likeness (QED) is 0.862. The highest BCUT2D eigenvalue weighted by Crippen LogP contribution is 2.29. The predicted molar refractivity (Wildman–Crippen MR) is 73.5 cm³/mol. The lowest BCUT2D eigenvalue weighted by molar-refractivity contribution is 0.0932. The van der Waals surface area contributed by atoms with E-state index in [-0.39, 0.29) is 11.9 Å². The number of nitrogen functional groups attached to an aromatic ring is 1. The molecule has 0 bridgehead atoms. The zero-order chi connectivity index (χ0) is 13.0. The minimum absolute atomic E-state index is 0.156. The molecule has 6 heteroatoms. The van der Waals surface area contributed by atoms with E-state index in [0.717, 1.165) is 12.2 Å². The summed E-state index contributed by atoms with van der Waals surface area (Å²) in [5, 5.41) is 11.1. The number of carbonyl (C=O) groups is 1. The first-order chi connectivity index (χ1) is 8.70. The Morgan fingerprint density at radius 1 is 1.50 bits per heavy atom. The third-order valence-electron chi connectivity index (χ3n) is 3.07. The molecule has 0 aliphatic heterocycles. The van der Waals surface area contributed by atoms with Crippen LogP contribution in [0.4, 0.5) is 5.82 Å². The van der Waals surface area contributed by atoms with Crippen molar-refractivity contribution in [2.75, 3.05) is 11.5 Å². The maximum atomic E-state index is 12.0. The molecule has 1 amide bonds. The lowest BCUT2D eigenvalue weighted by Crippen LogP contribution is -2.39. The van der Waals surface area contributed by atoms with Crippen molar-refractivity contribution >= 4 is 23.5 Å². The molecule has 98 valence electrons. The van der Waals surface area contributed by atoms with Crippen molar-refractivity contribution in [2.24, 2.45) is 0 Å². The Hall–Kier alpha value is -1.30. The minimum Gasteiger partial charge on any atom is -0.382 e. The van der Waals surface area contributed by atoms with E-state index in [1.807, 2.05) is 11.8 Å². The molecular formula is C12H18N4OS. The number of amides is 1. The molecule has 0 radical (unpaired) electrons. The third-order valence-corrected chi connectivity index (χ3v) is 4.39. The first kappa shape index (κ1) is 13.1. The van der Waals surface area contributed by atoms with Gasteiger partial charge in [-0.1, -0.05) is 13.3 Å². The van der Waals surface area contributed by atoms with Crippen molar-refractivity contribution in [2.45, 2.75) is 37.5 Å². The first-order valence-electron chi connectivity index (χ1n) is 6.22. The highest BCUT2D eigenvalue weighted by Gasteiger charge is 2.28. The first-order valence-corrected chi connectivity index (χ1v) is 7.27. The number of nitrogens with zero attached hydrogens (tertiary/aromatic N) is 2. The highest BCUT2D eigenvalue weighted by atomic mass is 32.2. The summed E-state index contributed by atoms with van der Waals surface area (Å²) in [6.07, 6.45) is 3.40. The summed E-state index contributed by atoms with van der Waals surface area (Å²) in [4.78, 5) is 12.0. The van der Waals surface area contributed by atoms with Gasteiger partial charge in [-0.2, -0.15) is 11.8 Å². The van der Waals surface area contributed by atoms with Gasteiger partial charge < -0.3 is 11.1 Å². The Morgan fingerprint density at radius 2 is 2.33 bits per heavy atom. The molecule has 1 fully saturated rings. The number of hydrogen-bond acceptors (Lipinski definition) is 5. The van der Waals surface area contributed by atoms with E-state index in [1.165, 1.54) is 12.8 Å². The second-order valence-electron chi connectivity index (χ2n) is 4.35. The number of anilines is 1. The van der Waals surface area contributed by atoms with Crippen LogP contribution in [0.1, 0.15) is 36.7 Å². The summed E-state index contributed by atoms with van der Waals surface area (Å²) in [7, 11) is 0. The zero-order valence-corrected chi connectivity index (χ0v) is 11.2. The van der Waals surface area contributed by atoms with Gasteiger partial charge in [0.2, 0.25) is 0 Å². The molecule has 2 atom stereocenters. The van der Waals surface area contributed by atoms with E-state index in [2.05, 4.69) is 22.4 Å². The lowest BCUT2D eigenvalue weighted by Gasteiger charge is -2.19. The number of rotatable bonds is 4. The van der Waals surface area contributed by atoms with Crippen LogP contribution in [-0.4, -0.2) is 33.1 Å². The van der Waals surface area contributed by atoms with E-state index >= 15 is 0 Å². The maximum absolute atomic E-state index is 12.0. The molecule has 1 heterocycles. The summed E-state index contributed by atoms with van der Waals surface area (Å²) >= 11 is 1.92. The molecule has 18 heavy (non-hydrogen) atoms. The monoisotopic (exact) mass is 266 g/mol. The number of hydrogen-bond donors (Lipinski definition) is 2. The Morgan fingerprint density at radius 3 is 3.00 bits per heavy atom. The van der Waals surface area contributed by atoms with Crippen LogP contribution in [-0.2, 0) is 0 Å². The van der Waals surface area contributed by atoms with Crippen LogP contribution in [0.5, 0.6) is 0 Å². The number of thioether (sulfide) groups is 1. The van der Waals surface area contributed by atoms with Crippen molar-refractivity contribution in [1.82, 2.24) is 15.5 Å². The van der Waals surface area contributed by atoms with Crippen LogP contribution in [0.3, 0.4) is 0 Å². The second-order valence-corrected chi connectivity index (χ2v) is 5.86. The number of carbonyl (C=O) groups excluding carboxylic acids is 1. The van der Waals surface area contributed by atoms with Gasteiger partial charge in [0.05, 0.1) is 0 Å². The summed E-state index contributed by atoms with van der Waals surface area (Å²) in [5.41, 5.74) is 5.77. The van der Waals surface area contributed by atoms with Crippen molar-refractivity contribution < 1.29 is 4.79 Å². The summed E-state index contributed by atoms with van der Waals surface area (Å²) < 4.78 is 0. The Kier molecular flexibility index (Phi) is 4.41. The van der Waals surface area contributed by atoms with E-state index in [9.17, 15) is 4.79 Å². The molecule has 1 aromatic heterocycles. The maximum Gasteiger partial charge on any atom is 0.272 e. The number of nitrogens with two attached hydrogens (primary N) is 1. The van der Waals surface area contributed by atoms with Gasteiger partial charge in [0.25, 0.3) is 5.91 Å². The minimum atomic E-state index is -0.156. The van der Waals surface area contributed by atoms with Gasteiger partial charge in [-0.25, -0.2) is 0 Å². The topological polar surface area (TPSA) is 80.9 Å². The normalized spacial score (nSPS) is 22.9. The molecular weight excluding hydrogens is 248 g/mol. The van der Waals surface area contributed by atoms with Crippen molar-refractivity contribution in [1.29, 1.82) is 0 Å². The van der Waals surface area contributed by atoms with E-state index in [4.69, 9.17) is 5.73 Å². The Labute approximate surface area is 111 Å². The Bertz CT molecular complexity index is 409. The highest BCUT2D eigenvalue weighted by molar-refractivity contribution is 7.99. The smallest absolute Gasteiger partial charge is 0.272 e. The van der Waals surface area contributed by atoms with E-state index < -0.39 is 0 Å². The van der Waals surface area contributed by atoms with Crippen LogP contribution >= 0.6 is 11.8 Å². The molecule has 0 saturated heterocycles. The zero-order valence-electron chi connectivity index (χ0n) is 10.4. The molecule has 0 spiro atoms. The molecule has 2 rings (SSSR count). The lowest BCUT2D eigenvalue weighted by atomic mass is 10.2. The predicted octanol–water partition coefficient (Wildman–Crippen LogP) is 1.46. The fourth-order valence-electron chi connectivity index (χ4n) is 2.21. The van der Waals surface area contributed by atoms with Crippen LogP contribution in [0.25, 0.3) is 0 Å². The SMILES string of the molecule is CCSC1CCCC1NC(=O)c1ccc(N)nn1. The molecule has 1 aliphatic carbocycles. The van der Waals surface area contributed by atoms with E-state index in [1.54, 1.807) is 12.1 Å². The molecule has 1 aromatic rings. The second kappa shape index (κ2) is 6.04. The van der Waals surface area contributed by atoms with Crippen molar-refractivity contribution in [3.63, 3.8) is 0 Å². The van der Waals surface area contributed by atoms with Gasteiger partial charge in [-0.3, -0.25) is 4.79 Å². The third kappa shape index (κ3) is 3.13. The van der Waals surface area contributed by atoms with Crippen molar-refractivity contribution in [3.8, 4) is 0 Å². The van der Waals surface area contributed by atoms with Gasteiger partial charge in [-0.15, -0.1) is 10.2 Å². The summed E-state index contributed by atoms with van der Waals surface area (Å²) in [6.45, 7) is 2.15. The molecule has 1 aliphatic rings. The van der Waals surface area contributed by atoms with Crippen LogP contribution in [0.2, 0.25) is 0 Å². The van der Waals surface area contributed by atoms with Gasteiger partial charge in [-0.05, 0) is 30.7 Å².